The third-order valence-corrected chi connectivity index (χ3v) is 3.48. The maximum absolute atomic E-state index is 5.94. The lowest BCUT2D eigenvalue weighted by molar-refractivity contribution is 0.220. The largest absolute Gasteiger partial charge is 0.482 e. The lowest BCUT2D eigenvalue weighted by atomic mass is 10.1. The molecule has 1 aromatic heterocycles. The third kappa shape index (κ3) is 1.84. The molecule has 1 aliphatic heterocycles. The van der Waals surface area contributed by atoms with Gasteiger partial charge in [0.2, 0.25) is 0 Å². The van der Waals surface area contributed by atoms with Crippen molar-refractivity contribution in [2.24, 2.45) is 0 Å². The van der Waals surface area contributed by atoms with Crippen LogP contribution in [0.4, 0.5) is 0 Å². The van der Waals surface area contributed by atoms with Crippen molar-refractivity contribution >= 4 is 12.2 Å². The topological polar surface area (TPSA) is 42.8 Å². The highest BCUT2D eigenvalue weighted by Crippen LogP contribution is 2.35. The first-order valence-corrected chi connectivity index (χ1v) is 6.60. The smallest absolute Gasteiger partial charge is 0.195 e. The van der Waals surface area contributed by atoms with E-state index in [9.17, 15) is 0 Å². The Labute approximate surface area is 111 Å². The van der Waals surface area contributed by atoms with E-state index in [2.05, 4.69) is 23.2 Å². The van der Waals surface area contributed by atoms with E-state index in [0.29, 0.717) is 4.77 Å². The molecule has 0 bridgehead atoms. The first-order valence-electron chi connectivity index (χ1n) is 6.19. The second kappa shape index (κ2) is 4.57. The molecular formula is C13H15N3OS. The SMILES string of the molecule is CCCn1c(C2Cc3ccccc3O2)n[nH]c1=S. The van der Waals surface area contributed by atoms with E-state index in [0.717, 1.165) is 31.0 Å². The van der Waals surface area contributed by atoms with Crippen molar-refractivity contribution in [2.75, 3.05) is 0 Å². The van der Waals surface area contributed by atoms with Crippen molar-refractivity contribution in [3.8, 4) is 5.75 Å². The van der Waals surface area contributed by atoms with Crippen LogP contribution in [-0.2, 0) is 13.0 Å². The standard InChI is InChI=1S/C13H15N3OS/c1-2-7-16-12(14-15-13(16)18)11-8-9-5-3-4-6-10(9)17-11/h3-6,11H,2,7-8H2,1H3,(H,15,18). The molecule has 4 nitrogen and oxygen atoms in total. The molecule has 0 radical (unpaired) electrons. The molecule has 18 heavy (non-hydrogen) atoms. The average molecular weight is 261 g/mol. The van der Waals surface area contributed by atoms with Crippen molar-refractivity contribution in [3.63, 3.8) is 0 Å². The molecule has 2 heterocycles. The van der Waals surface area contributed by atoms with Gasteiger partial charge in [-0.2, -0.15) is 5.10 Å². The van der Waals surface area contributed by atoms with Crippen LogP contribution in [0, 0.1) is 4.77 Å². The Balaban J connectivity index is 1.93. The number of fused-ring (bicyclic) bond motifs is 1. The summed E-state index contributed by atoms with van der Waals surface area (Å²) in [6.45, 7) is 3.00. The highest BCUT2D eigenvalue weighted by atomic mass is 32.1. The van der Waals surface area contributed by atoms with Crippen LogP contribution >= 0.6 is 12.2 Å². The van der Waals surface area contributed by atoms with E-state index >= 15 is 0 Å². The van der Waals surface area contributed by atoms with Gasteiger partial charge in [0.15, 0.2) is 16.7 Å². The Kier molecular flexibility index (Phi) is 2.91. The Morgan fingerprint density at radius 1 is 1.50 bits per heavy atom. The molecular weight excluding hydrogens is 246 g/mol. The molecule has 1 atom stereocenters. The summed E-state index contributed by atoms with van der Waals surface area (Å²) in [7, 11) is 0. The number of nitrogens with one attached hydrogen (secondary N) is 1. The van der Waals surface area contributed by atoms with E-state index in [1.54, 1.807) is 0 Å². The summed E-state index contributed by atoms with van der Waals surface area (Å²) < 4.78 is 8.65. The zero-order chi connectivity index (χ0) is 12.5. The maximum atomic E-state index is 5.94. The molecule has 0 saturated heterocycles. The number of rotatable bonds is 3. The normalized spacial score (nSPS) is 17.5. The minimum atomic E-state index is -0.0260. The molecule has 0 saturated carbocycles. The summed E-state index contributed by atoms with van der Waals surface area (Å²) in [5.41, 5.74) is 1.24. The molecule has 94 valence electrons. The Morgan fingerprint density at radius 2 is 2.33 bits per heavy atom. The van der Waals surface area contributed by atoms with Crippen LogP contribution in [0.2, 0.25) is 0 Å². The van der Waals surface area contributed by atoms with Gasteiger partial charge in [-0.3, -0.25) is 5.10 Å². The van der Waals surface area contributed by atoms with Crippen LogP contribution < -0.4 is 4.74 Å². The Bertz CT molecular complexity index is 592. The van der Waals surface area contributed by atoms with Gasteiger partial charge in [0.05, 0.1) is 0 Å². The first kappa shape index (κ1) is 11.5. The van der Waals surface area contributed by atoms with E-state index in [-0.39, 0.29) is 6.10 Å². The highest BCUT2D eigenvalue weighted by molar-refractivity contribution is 7.71. The monoisotopic (exact) mass is 261 g/mol. The van der Waals surface area contributed by atoms with Crippen molar-refractivity contribution in [2.45, 2.75) is 32.4 Å². The van der Waals surface area contributed by atoms with E-state index < -0.39 is 0 Å². The zero-order valence-corrected chi connectivity index (χ0v) is 11.0. The number of hydrogen-bond donors (Lipinski definition) is 1. The summed E-state index contributed by atoms with van der Waals surface area (Å²) in [6, 6.07) is 8.12. The fraction of sp³-hybridized carbons (Fsp3) is 0.385. The van der Waals surface area contributed by atoms with Gasteiger partial charge in [-0.15, -0.1) is 0 Å². The summed E-state index contributed by atoms with van der Waals surface area (Å²) in [4.78, 5) is 0. The molecule has 0 aliphatic carbocycles. The molecule has 1 N–H and O–H groups in total. The van der Waals surface area contributed by atoms with E-state index in [4.69, 9.17) is 17.0 Å². The molecule has 5 heteroatoms. The molecule has 1 aromatic carbocycles. The van der Waals surface area contributed by atoms with Crippen LogP contribution in [0.25, 0.3) is 0 Å². The van der Waals surface area contributed by atoms with Crippen molar-refractivity contribution in [1.29, 1.82) is 0 Å². The fourth-order valence-electron chi connectivity index (χ4n) is 2.34. The minimum absolute atomic E-state index is 0.0260. The second-order valence-electron chi connectivity index (χ2n) is 4.46. The van der Waals surface area contributed by atoms with Crippen LogP contribution in [0.5, 0.6) is 5.75 Å². The van der Waals surface area contributed by atoms with Gasteiger partial charge in [0.1, 0.15) is 5.75 Å². The van der Waals surface area contributed by atoms with E-state index in [1.807, 2.05) is 22.8 Å². The van der Waals surface area contributed by atoms with Crippen molar-refractivity contribution in [3.05, 3.63) is 40.4 Å². The summed E-state index contributed by atoms with van der Waals surface area (Å²) in [5, 5.41) is 7.18. The minimum Gasteiger partial charge on any atom is -0.482 e. The number of hydrogen-bond acceptors (Lipinski definition) is 3. The van der Waals surface area contributed by atoms with Gasteiger partial charge in [0.25, 0.3) is 0 Å². The predicted molar refractivity (Wildman–Crippen MR) is 71.2 cm³/mol. The highest BCUT2D eigenvalue weighted by Gasteiger charge is 2.28. The lowest BCUT2D eigenvalue weighted by Gasteiger charge is -2.11. The van der Waals surface area contributed by atoms with Gasteiger partial charge < -0.3 is 9.30 Å². The van der Waals surface area contributed by atoms with Crippen molar-refractivity contribution < 1.29 is 4.74 Å². The third-order valence-electron chi connectivity index (χ3n) is 3.17. The van der Waals surface area contributed by atoms with Crippen LogP contribution in [0.1, 0.15) is 30.8 Å². The molecule has 1 unspecified atom stereocenters. The number of aromatic amines is 1. The molecule has 3 rings (SSSR count). The molecule has 2 aromatic rings. The molecule has 1 aliphatic rings. The molecule has 0 fully saturated rings. The van der Waals surface area contributed by atoms with Crippen LogP contribution in [0.3, 0.4) is 0 Å². The first-order chi connectivity index (χ1) is 8.79. The van der Waals surface area contributed by atoms with Crippen LogP contribution in [-0.4, -0.2) is 14.8 Å². The second-order valence-corrected chi connectivity index (χ2v) is 4.84. The lowest BCUT2D eigenvalue weighted by Crippen LogP contribution is -2.12. The summed E-state index contributed by atoms with van der Waals surface area (Å²) in [6.07, 6.45) is 1.86. The summed E-state index contributed by atoms with van der Waals surface area (Å²) in [5.74, 6) is 1.86. The summed E-state index contributed by atoms with van der Waals surface area (Å²) >= 11 is 5.25. The van der Waals surface area contributed by atoms with Gasteiger partial charge in [-0.25, -0.2) is 0 Å². The number of ether oxygens (including phenoxy) is 1. The van der Waals surface area contributed by atoms with Gasteiger partial charge >= 0.3 is 0 Å². The molecule has 0 amide bonds. The maximum Gasteiger partial charge on any atom is 0.195 e. The average Bonchev–Trinajstić information content (AvgIpc) is 2.94. The van der Waals surface area contributed by atoms with Crippen molar-refractivity contribution in [1.82, 2.24) is 14.8 Å². The van der Waals surface area contributed by atoms with Crippen LogP contribution in [0.15, 0.2) is 24.3 Å². The van der Waals surface area contributed by atoms with Gasteiger partial charge in [0, 0.05) is 13.0 Å². The number of H-pyrrole nitrogens is 1. The predicted octanol–water partition coefficient (Wildman–Crippen LogP) is 3.03. The number of benzene rings is 1. The molecule has 0 spiro atoms. The van der Waals surface area contributed by atoms with Gasteiger partial charge in [-0.05, 0) is 30.3 Å². The van der Waals surface area contributed by atoms with Gasteiger partial charge in [-0.1, -0.05) is 25.1 Å². The number of nitrogens with zero attached hydrogens (tertiary/aromatic N) is 2. The Hall–Kier alpha value is -1.62. The number of para-hydroxylation sites is 1. The van der Waals surface area contributed by atoms with E-state index in [1.165, 1.54) is 5.56 Å². The Morgan fingerprint density at radius 3 is 3.11 bits per heavy atom. The number of aromatic nitrogens is 3. The zero-order valence-electron chi connectivity index (χ0n) is 10.2. The fourth-order valence-corrected chi connectivity index (χ4v) is 2.57. The quantitative estimate of drug-likeness (QED) is 0.864.